The van der Waals surface area contributed by atoms with Crippen LogP contribution in [-0.2, 0) is 44.6 Å². The number of alkyl halides is 1. The summed E-state index contributed by atoms with van der Waals surface area (Å²) in [5.41, 5.74) is -4.53. The van der Waals surface area contributed by atoms with Crippen molar-refractivity contribution in [3.05, 3.63) is 37.1 Å². The molecule has 328 valence electrons. The Hall–Kier alpha value is -3.83. The maximum atomic E-state index is 16.9. The molecule has 3 fully saturated rings. The van der Waals surface area contributed by atoms with Crippen LogP contribution in [0.25, 0.3) is 11.3 Å². The molecule has 0 aromatic carbocycles. The van der Waals surface area contributed by atoms with Gasteiger partial charge in [-0.25, -0.2) is 19.0 Å². The molecule has 0 spiro atoms. The smallest absolute Gasteiger partial charge is 0.410 e. The minimum Gasteiger partial charge on any atom is -0.455 e. The number of ketones is 2. The van der Waals surface area contributed by atoms with Crippen LogP contribution in [0.3, 0.4) is 0 Å². The van der Waals surface area contributed by atoms with Gasteiger partial charge < -0.3 is 43.2 Å². The summed E-state index contributed by atoms with van der Waals surface area (Å²) in [6.07, 6.45) is 2.93. The number of ether oxygens (including phenoxy) is 5. The van der Waals surface area contributed by atoms with Crippen LogP contribution in [0.4, 0.5) is 9.18 Å². The average molecular weight is 830 g/mol. The molecule has 15 nitrogen and oxygen atoms in total. The zero-order valence-corrected chi connectivity index (χ0v) is 36.4. The quantitative estimate of drug-likeness (QED) is 0.182. The lowest BCUT2D eigenvalue weighted by Crippen LogP contribution is -2.61. The van der Waals surface area contributed by atoms with Gasteiger partial charge in [-0.15, -0.1) is 0 Å². The number of hydrogen-bond donors (Lipinski definition) is 1. The minimum absolute atomic E-state index is 0.000728. The molecular weight excluding hydrogens is 765 g/mol. The number of rotatable bonds is 11. The van der Waals surface area contributed by atoms with Crippen LogP contribution < -0.4 is 0 Å². The van der Waals surface area contributed by atoms with Crippen LogP contribution in [0.2, 0.25) is 0 Å². The van der Waals surface area contributed by atoms with E-state index in [1.807, 2.05) is 48.8 Å². The number of imidazole rings is 1. The molecule has 3 aliphatic rings. The molecule has 3 saturated heterocycles. The molecule has 5 rings (SSSR count). The Balaban J connectivity index is 1.46. The Bertz CT molecular complexity index is 1790. The number of Topliss-reactive ketones (excluding diaryl/α,β-unsaturated/α-hetero) is 2. The van der Waals surface area contributed by atoms with Crippen molar-refractivity contribution in [1.29, 1.82) is 0 Å². The third kappa shape index (κ3) is 9.41. The predicted molar refractivity (Wildman–Crippen MR) is 215 cm³/mol. The third-order valence-corrected chi connectivity index (χ3v) is 12.8. The van der Waals surface area contributed by atoms with Crippen molar-refractivity contribution in [1.82, 2.24) is 24.3 Å². The number of aromatic nitrogens is 3. The first kappa shape index (κ1) is 46.2. The number of aliphatic hydroxyl groups excluding tert-OH is 1. The number of pyridine rings is 1. The van der Waals surface area contributed by atoms with E-state index in [4.69, 9.17) is 23.7 Å². The van der Waals surface area contributed by atoms with Gasteiger partial charge in [0.15, 0.2) is 17.7 Å². The second-order valence-corrected chi connectivity index (χ2v) is 17.5. The van der Waals surface area contributed by atoms with Crippen LogP contribution in [0.15, 0.2) is 37.1 Å². The summed E-state index contributed by atoms with van der Waals surface area (Å²) in [5, 5.41) is 11.4. The Morgan fingerprint density at radius 1 is 1.05 bits per heavy atom. The molecule has 0 radical (unpaired) electrons. The number of fused-ring (bicyclic) bond motifs is 1. The summed E-state index contributed by atoms with van der Waals surface area (Å²) in [5.74, 6) is -5.78. The number of hydrogen-bond acceptors (Lipinski definition) is 13. The normalized spacial score (nSPS) is 37.6. The lowest BCUT2D eigenvalue weighted by atomic mass is 9.73. The highest BCUT2D eigenvalue weighted by Gasteiger charge is 2.61. The number of cyclic esters (lactones) is 1. The first-order valence-corrected chi connectivity index (χ1v) is 20.8. The van der Waals surface area contributed by atoms with E-state index >= 15 is 4.39 Å². The fourth-order valence-corrected chi connectivity index (χ4v) is 9.43. The number of aryl methyl sites for hydroxylation is 1. The molecule has 59 heavy (non-hydrogen) atoms. The zero-order valence-electron chi connectivity index (χ0n) is 36.4. The van der Waals surface area contributed by atoms with Crippen molar-refractivity contribution < 1.29 is 52.4 Å². The Morgan fingerprint density at radius 3 is 2.37 bits per heavy atom. The van der Waals surface area contributed by atoms with E-state index in [2.05, 4.69) is 9.97 Å². The fourth-order valence-electron chi connectivity index (χ4n) is 9.43. The maximum absolute atomic E-state index is 16.9. The molecule has 13 atom stereocenters. The molecule has 2 aromatic rings. The number of likely N-dealkylation sites (N-methyl/N-ethyl adjacent to an activating group) is 1. The molecule has 0 unspecified atom stereocenters. The van der Waals surface area contributed by atoms with Gasteiger partial charge in [-0.2, -0.15) is 0 Å². The van der Waals surface area contributed by atoms with Gasteiger partial charge >= 0.3 is 12.1 Å². The number of carbonyl (C=O) groups is 4. The fraction of sp³-hybridized carbons (Fsp3) is 0.721. The number of amides is 1. The first-order valence-electron chi connectivity index (χ1n) is 20.8. The van der Waals surface area contributed by atoms with E-state index in [1.165, 1.54) is 18.9 Å². The summed E-state index contributed by atoms with van der Waals surface area (Å²) in [6, 6.07) is 2.49. The molecule has 5 heterocycles. The van der Waals surface area contributed by atoms with Crippen molar-refractivity contribution >= 4 is 23.6 Å². The zero-order chi connectivity index (χ0) is 43.6. The highest BCUT2D eigenvalue weighted by molar-refractivity contribution is 6.08. The van der Waals surface area contributed by atoms with E-state index < -0.39 is 83.1 Å². The van der Waals surface area contributed by atoms with Crippen LogP contribution in [0.5, 0.6) is 0 Å². The van der Waals surface area contributed by atoms with Crippen LogP contribution in [0.1, 0.15) is 87.5 Å². The second kappa shape index (κ2) is 18.4. The van der Waals surface area contributed by atoms with Gasteiger partial charge in [-0.05, 0) is 86.0 Å². The van der Waals surface area contributed by atoms with E-state index in [0.29, 0.717) is 25.8 Å². The predicted octanol–water partition coefficient (Wildman–Crippen LogP) is 5.02. The molecule has 2 aromatic heterocycles. The van der Waals surface area contributed by atoms with Crippen molar-refractivity contribution in [2.45, 2.75) is 154 Å². The molecule has 1 N–H and O–H groups in total. The first-order chi connectivity index (χ1) is 27.7. The summed E-state index contributed by atoms with van der Waals surface area (Å²) in [7, 11) is 5.05. The number of unbranched alkanes of at least 4 members (excludes halogenated alkanes) is 1. The van der Waals surface area contributed by atoms with Crippen LogP contribution >= 0.6 is 0 Å². The van der Waals surface area contributed by atoms with Crippen LogP contribution in [-0.4, -0.2) is 140 Å². The number of halogens is 1. The number of methoxy groups -OCH3 is 1. The van der Waals surface area contributed by atoms with Crippen molar-refractivity contribution in [2.75, 3.05) is 27.7 Å². The van der Waals surface area contributed by atoms with E-state index in [9.17, 15) is 24.3 Å². The van der Waals surface area contributed by atoms with Gasteiger partial charge in [0.1, 0.15) is 18.0 Å². The highest BCUT2D eigenvalue weighted by Crippen LogP contribution is 2.43. The van der Waals surface area contributed by atoms with Gasteiger partial charge in [0.25, 0.3) is 5.67 Å². The molecule has 16 heteroatoms. The minimum atomic E-state index is -3.18. The topological polar surface area (TPSA) is 172 Å². The number of carbonyl (C=O) groups excluding carboxylic acids is 4. The van der Waals surface area contributed by atoms with Crippen molar-refractivity contribution in [3.63, 3.8) is 0 Å². The van der Waals surface area contributed by atoms with Gasteiger partial charge in [-0.1, -0.05) is 27.7 Å². The molecule has 0 bridgehead atoms. The Kier molecular flexibility index (Phi) is 14.4. The van der Waals surface area contributed by atoms with Crippen LogP contribution in [0, 0.1) is 17.8 Å². The van der Waals surface area contributed by atoms with Gasteiger partial charge in [0.2, 0.25) is 0 Å². The summed E-state index contributed by atoms with van der Waals surface area (Å²) in [6.45, 7) is 13.4. The monoisotopic (exact) mass is 829 g/mol. The van der Waals surface area contributed by atoms with Gasteiger partial charge in [0.05, 0.1) is 35.9 Å². The lowest BCUT2D eigenvalue weighted by Gasteiger charge is -2.47. The lowest BCUT2D eigenvalue weighted by molar-refractivity contribution is -0.295. The Labute approximate surface area is 347 Å². The average Bonchev–Trinajstić information content (AvgIpc) is 3.78. The Morgan fingerprint density at radius 2 is 1.75 bits per heavy atom. The molecule has 1 amide bonds. The van der Waals surface area contributed by atoms with Gasteiger partial charge in [0, 0.05) is 68.1 Å². The molecule has 0 aliphatic carbocycles. The standard InChI is InChI=1S/C43H64FN5O10/c1-12-32-43(8)35(49(40(54)59-43)19-14-13-18-48-23-30(46-24-48)29-16-15-17-45-22-29)27(4)33(50)25(2)21-41(6,55-11)37(28(5)36(52)42(7,44)39(53)57-32)58-38-34(51)31(47(9)10)20-26(3)56-38/h15-17,22-28,31-32,34-35,37-38,51H,12-14,18-21H2,1-11H3/t25-,26-,27+,28+,31+,32-,34-,35-,37+,38+,41-,42+,43-/m1/s1. The SMILES string of the molecule is CC[C@H]1OC(=O)[C@@](C)(F)C(=O)[C@H](C)[C@H](O[C@@H]2O[C@H](C)C[C@H](N(C)C)[C@H]2O)[C@](C)(OC)C[C@@H](C)C(=O)[C@H](C)[C@H]2N(CCCCn3cnc(-c4cccnc4)c3)C(=O)O[C@]12C. The summed E-state index contributed by atoms with van der Waals surface area (Å²) in [4.78, 5) is 68.7. The molecule has 3 aliphatic heterocycles. The summed E-state index contributed by atoms with van der Waals surface area (Å²) < 4.78 is 49.4. The largest absolute Gasteiger partial charge is 0.455 e. The molecular formula is C43H64FN5O10. The summed E-state index contributed by atoms with van der Waals surface area (Å²) >= 11 is 0. The van der Waals surface area contributed by atoms with Crippen molar-refractivity contribution in [2.24, 2.45) is 17.8 Å². The van der Waals surface area contributed by atoms with E-state index in [1.54, 1.807) is 53.3 Å². The maximum Gasteiger partial charge on any atom is 0.410 e. The second-order valence-electron chi connectivity index (χ2n) is 17.5. The third-order valence-electron chi connectivity index (χ3n) is 12.8. The van der Waals surface area contributed by atoms with E-state index in [-0.39, 0.29) is 37.3 Å². The molecule has 0 saturated carbocycles. The number of aliphatic hydroxyl groups is 1. The highest BCUT2D eigenvalue weighted by atomic mass is 19.1. The number of esters is 1. The number of nitrogens with zero attached hydrogens (tertiary/aromatic N) is 5. The van der Waals surface area contributed by atoms with Gasteiger partial charge in [-0.3, -0.25) is 14.6 Å². The van der Waals surface area contributed by atoms with Crippen molar-refractivity contribution in [3.8, 4) is 11.3 Å². The van der Waals surface area contributed by atoms with E-state index in [0.717, 1.165) is 18.2 Å².